The van der Waals surface area contributed by atoms with Gasteiger partial charge in [0.15, 0.2) is 17.7 Å². The Bertz CT molecular complexity index is 1350. The Morgan fingerprint density at radius 3 is 2.43 bits per heavy atom. The number of fused-ring (bicyclic) bond motifs is 4. The average Bonchev–Trinajstić information content (AvgIpc) is 3.52. The molecule has 4 aromatic rings. The van der Waals surface area contributed by atoms with Gasteiger partial charge in [-0.05, 0) is 22.3 Å². The van der Waals surface area contributed by atoms with E-state index in [1.165, 1.54) is 19.8 Å². The average molecular weight is 476 g/mol. The van der Waals surface area contributed by atoms with Crippen LogP contribution in [0.2, 0.25) is 0 Å². The Kier molecular flexibility index (Phi) is 5.28. The SMILES string of the molecule is CO[C@@H]1[C@H](O)[C@@H](COCC2(O)c3ccccc3-c3ccccc32)O[C@H]1n1cnc2c(N)ncnc21. The highest BCUT2D eigenvalue weighted by Gasteiger charge is 2.47. The van der Waals surface area contributed by atoms with Gasteiger partial charge >= 0.3 is 0 Å². The van der Waals surface area contributed by atoms with Gasteiger partial charge in [0.05, 0.1) is 19.5 Å². The minimum Gasteiger partial charge on any atom is -0.387 e. The van der Waals surface area contributed by atoms with E-state index in [1.54, 1.807) is 4.57 Å². The predicted octanol–water partition coefficient (Wildman–Crippen LogP) is 1.61. The lowest BCUT2D eigenvalue weighted by molar-refractivity contribution is -0.0895. The quantitative estimate of drug-likeness (QED) is 0.380. The zero-order chi connectivity index (χ0) is 24.2. The largest absolute Gasteiger partial charge is 0.387 e. The lowest BCUT2D eigenvalue weighted by atomic mass is 9.92. The third kappa shape index (κ3) is 3.33. The number of ether oxygens (including phenoxy) is 3. The Morgan fingerprint density at radius 2 is 1.74 bits per heavy atom. The first-order valence-electron chi connectivity index (χ1n) is 11.3. The van der Waals surface area contributed by atoms with Gasteiger partial charge in [0.25, 0.3) is 0 Å². The van der Waals surface area contributed by atoms with Crippen LogP contribution in [0.4, 0.5) is 5.82 Å². The monoisotopic (exact) mass is 475 g/mol. The molecule has 6 rings (SSSR count). The molecular formula is C25H25N5O5. The molecular weight excluding hydrogens is 450 g/mol. The van der Waals surface area contributed by atoms with Crippen LogP contribution in [0.15, 0.2) is 61.2 Å². The molecule has 10 nitrogen and oxygen atoms in total. The summed E-state index contributed by atoms with van der Waals surface area (Å²) in [5.41, 5.74) is 9.09. The van der Waals surface area contributed by atoms with Crippen molar-refractivity contribution >= 4 is 17.0 Å². The number of methoxy groups -OCH3 is 1. The summed E-state index contributed by atoms with van der Waals surface area (Å²) in [5.74, 6) is 0.256. The first kappa shape index (κ1) is 22.1. The second-order valence-corrected chi connectivity index (χ2v) is 8.81. The topological polar surface area (TPSA) is 138 Å². The summed E-state index contributed by atoms with van der Waals surface area (Å²) in [6, 6.07) is 15.5. The number of benzene rings is 2. The molecule has 4 N–H and O–H groups in total. The summed E-state index contributed by atoms with van der Waals surface area (Å²) in [5, 5.41) is 22.6. The van der Waals surface area contributed by atoms with Crippen molar-refractivity contribution in [3.05, 3.63) is 72.3 Å². The van der Waals surface area contributed by atoms with E-state index in [1.807, 2.05) is 48.5 Å². The standard InChI is InChI=1S/C25H25N5O5/c1-33-21-20(31)18(35-24(21)30-13-29-19-22(26)27-12-28-23(19)30)10-34-11-25(32)16-8-4-2-6-14(16)15-7-3-5-9-17(15)25/h2-9,12-13,18,20-21,24,31-32H,10-11H2,1H3,(H2,26,27,28)/t18-,20-,21-,24-/m1/s1. The summed E-state index contributed by atoms with van der Waals surface area (Å²) in [7, 11) is 1.51. The van der Waals surface area contributed by atoms with Crippen LogP contribution in [0.5, 0.6) is 0 Å². The molecule has 0 bridgehead atoms. The zero-order valence-corrected chi connectivity index (χ0v) is 19.0. The van der Waals surface area contributed by atoms with Gasteiger partial charge in [0.1, 0.15) is 35.8 Å². The fourth-order valence-electron chi connectivity index (χ4n) is 5.17. The van der Waals surface area contributed by atoms with Gasteiger partial charge in [0, 0.05) is 7.11 Å². The number of aromatic nitrogens is 4. The molecule has 1 aliphatic carbocycles. The maximum atomic E-state index is 11.7. The second-order valence-electron chi connectivity index (χ2n) is 8.81. The van der Waals surface area contributed by atoms with E-state index in [-0.39, 0.29) is 19.0 Å². The highest BCUT2D eigenvalue weighted by atomic mass is 16.6. The molecule has 0 unspecified atom stereocenters. The van der Waals surface area contributed by atoms with Crippen LogP contribution in [0.3, 0.4) is 0 Å². The van der Waals surface area contributed by atoms with E-state index in [9.17, 15) is 10.2 Å². The van der Waals surface area contributed by atoms with E-state index in [4.69, 9.17) is 19.9 Å². The summed E-state index contributed by atoms with van der Waals surface area (Å²) < 4.78 is 19.4. The molecule has 1 aliphatic heterocycles. The lowest BCUT2D eigenvalue weighted by Crippen LogP contribution is -2.37. The van der Waals surface area contributed by atoms with Gasteiger partial charge in [-0.3, -0.25) is 4.57 Å². The number of aliphatic hydroxyl groups excluding tert-OH is 1. The van der Waals surface area contributed by atoms with Crippen molar-refractivity contribution in [1.29, 1.82) is 0 Å². The molecule has 0 spiro atoms. The van der Waals surface area contributed by atoms with Gasteiger partial charge in [-0.25, -0.2) is 15.0 Å². The van der Waals surface area contributed by atoms with E-state index in [0.717, 1.165) is 22.3 Å². The smallest absolute Gasteiger partial charge is 0.167 e. The van der Waals surface area contributed by atoms with Crippen LogP contribution in [-0.4, -0.2) is 68.4 Å². The number of nitrogen functional groups attached to an aromatic ring is 1. The normalized spacial score (nSPS) is 24.5. The molecule has 0 radical (unpaired) electrons. The summed E-state index contributed by atoms with van der Waals surface area (Å²) >= 11 is 0. The predicted molar refractivity (Wildman–Crippen MR) is 126 cm³/mol. The highest BCUT2D eigenvalue weighted by molar-refractivity contribution is 5.81. The number of hydrogen-bond acceptors (Lipinski definition) is 9. The minimum atomic E-state index is -1.30. The van der Waals surface area contributed by atoms with Crippen molar-refractivity contribution in [2.45, 2.75) is 30.1 Å². The van der Waals surface area contributed by atoms with Crippen LogP contribution < -0.4 is 5.73 Å². The summed E-state index contributed by atoms with van der Waals surface area (Å²) in [6.45, 7) is 0.0572. The molecule has 4 atom stereocenters. The molecule has 0 amide bonds. The van der Waals surface area contributed by atoms with Crippen LogP contribution in [0.1, 0.15) is 17.4 Å². The van der Waals surface area contributed by atoms with Crippen molar-refractivity contribution in [2.75, 3.05) is 26.1 Å². The fraction of sp³-hybridized carbons (Fsp3) is 0.320. The maximum absolute atomic E-state index is 11.7. The molecule has 2 aliphatic rings. The van der Waals surface area contributed by atoms with Crippen LogP contribution in [-0.2, 0) is 19.8 Å². The molecule has 35 heavy (non-hydrogen) atoms. The van der Waals surface area contributed by atoms with E-state index in [0.29, 0.717) is 11.2 Å². The molecule has 2 aromatic carbocycles. The van der Waals surface area contributed by atoms with Gasteiger partial charge in [0.2, 0.25) is 0 Å². The van der Waals surface area contributed by atoms with E-state index < -0.39 is 30.1 Å². The zero-order valence-electron chi connectivity index (χ0n) is 19.0. The van der Waals surface area contributed by atoms with Crippen molar-refractivity contribution in [3.8, 4) is 11.1 Å². The Hall–Kier alpha value is -3.41. The first-order chi connectivity index (χ1) is 17.0. The molecule has 10 heteroatoms. The van der Waals surface area contributed by atoms with Crippen molar-refractivity contribution in [3.63, 3.8) is 0 Å². The fourth-order valence-corrected chi connectivity index (χ4v) is 5.17. The number of hydrogen-bond donors (Lipinski definition) is 3. The highest BCUT2D eigenvalue weighted by Crippen LogP contribution is 2.47. The second kappa shape index (κ2) is 8.36. The van der Waals surface area contributed by atoms with Gasteiger partial charge in [-0.1, -0.05) is 48.5 Å². The molecule has 1 saturated heterocycles. The van der Waals surface area contributed by atoms with Crippen molar-refractivity contribution in [2.24, 2.45) is 0 Å². The lowest BCUT2D eigenvalue weighted by Gasteiger charge is -2.26. The minimum absolute atomic E-state index is 0.00763. The Labute approximate surface area is 200 Å². The van der Waals surface area contributed by atoms with Gasteiger partial charge < -0.3 is 30.2 Å². The first-order valence-corrected chi connectivity index (χ1v) is 11.3. The third-order valence-corrected chi connectivity index (χ3v) is 6.87. The Balaban J connectivity index is 1.22. The van der Waals surface area contributed by atoms with Crippen LogP contribution in [0, 0.1) is 0 Å². The van der Waals surface area contributed by atoms with Gasteiger partial charge in [-0.2, -0.15) is 0 Å². The van der Waals surface area contributed by atoms with Gasteiger partial charge in [-0.15, -0.1) is 0 Å². The Morgan fingerprint density at radius 1 is 1.06 bits per heavy atom. The molecule has 2 aromatic heterocycles. The number of aliphatic hydroxyl groups is 2. The van der Waals surface area contributed by atoms with E-state index >= 15 is 0 Å². The van der Waals surface area contributed by atoms with E-state index in [2.05, 4.69) is 15.0 Å². The number of rotatable bonds is 6. The number of nitrogens with zero attached hydrogens (tertiary/aromatic N) is 4. The number of nitrogens with two attached hydrogens (primary N) is 1. The molecule has 3 heterocycles. The summed E-state index contributed by atoms with van der Waals surface area (Å²) in [6.07, 6.45) is -0.164. The molecule has 1 fully saturated rings. The maximum Gasteiger partial charge on any atom is 0.167 e. The number of imidazole rings is 1. The van der Waals surface area contributed by atoms with Crippen molar-refractivity contribution in [1.82, 2.24) is 19.5 Å². The van der Waals surface area contributed by atoms with Crippen molar-refractivity contribution < 1.29 is 24.4 Å². The van der Waals surface area contributed by atoms with Crippen LogP contribution in [0.25, 0.3) is 22.3 Å². The summed E-state index contributed by atoms with van der Waals surface area (Å²) in [4.78, 5) is 12.5. The number of anilines is 1. The third-order valence-electron chi connectivity index (χ3n) is 6.87. The molecule has 0 saturated carbocycles. The molecule has 180 valence electrons. The van der Waals surface area contributed by atoms with Crippen LogP contribution >= 0.6 is 0 Å².